The van der Waals surface area contributed by atoms with Crippen LogP contribution in [0.4, 0.5) is 5.69 Å². The van der Waals surface area contributed by atoms with Gasteiger partial charge in [0.25, 0.3) is 0 Å². The number of rotatable bonds is 4. The molecule has 90 valence electrons. The summed E-state index contributed by atoms with van der Waals surface area (Å²) in [7, 11) is 2.87. The third kappa shape index (κ3) is 2.42. The zero-order chi connectivity index (χ0) is 12.3. The summed E-state index contributed by atoms with van der Waals surface area (Å²) in [5.41, 5.74) is 0.304. The second-order valence-corrected chi connectivity index (χ2v) is 3.28. The fourth-order valence-corrected chi connectivity index (χ4v) is 1.43. The maximum Gasteiger partial charge on any atom is 0.173 e. The summed E-state index contributed by atoms with van der Waals surface area (Å²) in [6.07, 6.45) is -0.883. The van der Waals surface area contributed by atoms with Crippen molar-refractivity contribution >= 4 is 5.69 Å². The van der Waals surface area contributed by atoms with Gasteiger partial charge in [-0.15, -0.1) is 0 Å². The van der Waals surface area contributed by atoms with Crippen molar-refractivity contribution in [2.75, 3.05) is 14.2 Å². The van der Waals surface area contributed by atoms with E-state index in [0.717, 1.165) is 0 Å². The number of aliphatic hydroxyl groups is 1. The molecule has 0 saturated heterocycles. The minimum atomic E-state index is -1.11. The summed E-state index contributed by atoms with van der Waals surface area (Å²) < 4.78 is 10.0. The highest BCUT2D eigenvalue weighted by molar-refractivity contribution is 5.54. The van der Waals surface area contributed by atoms with Gasteiger partial charge in [0.2, 0.25) is 0 Å². The minimum Gasteiger partial charge on any atom is -0.595 e. The summed E-state index contributed by atoms with van der Waals surface area (Å²) in [4.78, 5) is 0. The van der Waals surface area contributed by atoms with Gasteiger partial charge in [-0.2, -0.15) is 5.23 Å². The van der Waals surface area contributed by atoms with Gasteiger partial charge in [-0.1, -0.05) is 0 Å². The average molecular weight is 229 g/mol. The number of hydrogen-bond acceptors (Lipinski definition) is 5. The maximum atomic E-state index is 11.0. The van der Waals surface area contributed by atoms with Crippen LogP contribution in [-0.4, -0.2) is 24.5 Å². The molecule has 6 nitrogen and oxygen atoms in total. The van der Waals surface area contributed by atoms with E-state index in [1.54, 1.807) is 0 Å². The average Bonchev–Trinajstić information content (AvgIpc) is 2.26. The maximum absolute atomic E-state index is 11.0. The predicted octanol–water partition coefficient (Wildman–Crippen LogP) is 0.160. The highest BCUT2D eigenvalue weighted by Gasteiger charge is 2.18. The first-order chi connectivity index (χ1) is 7.51. The first-order valence-electron chi connectivity index (χ1n) is 4.68. The fourth-order valence-electron chi connectivity index (χ4n) is 1.43. The summed E-state index contributed by atoms with van der Waals surface area (Å²) in [5.74, 6) is 0.715. The molecule has 0 aliphatic carbocycles. The molecule has 1 rings (SSSR count). The molecule has 0 aromatic heterocycles. The molecule has 0 fully saturated rings. The van der Waals surface area contributed by atoms with E-state index in [4.69, 9.17) is 14.7 Å². The van der Waals surface area contributed by atoms with Gasteiger partial charge in [0, 0.05) is 11.6 Å². The van der Waals surface area contributed by atoms with Crippen LogP contribution in [0.3, 0.4) is 0 Å². The molecule has 0 spiro atoms. The van der Waals surface area contributed by atoms with E-state index in [0.29, 0.717) is 17.1 Å². The Hall–Kier alpha value is -1.34. The molecule has 0 aliphatic heterocycles. The highest BCUT2D eigenvalue weighted by Crippen LogP contribution is 2.34. The summed E-state index contributed by atoms with van der Waals surface area (Å²) in [5, 5.41) is 28.3. The lowest BCUT2D eigenvalue weighted by atomic mass is 10.1. The van der Waals surface area contributed by atoms with Crippen LogP contribution in [0, 0.1) is 5.21 Å². The number of ether oxygens (including phenoxy) is 2. The Balaban J connectivity index is 3.35. The number of hydrogen-bond donors (Lipinski definition) is 3. The topological polar surface area (TPSA) is 86.4 Å². The third-order valence-electron chi connectivity index (χ3n) is 2.24. The summed E-state index contributed by atoms with van der Waals surface area (Å²) in [6, 6.07) is 2.80. The Labute approximate surface area is 93.2 Å². The first kappa shape index (κ1) is 12.7. The zero-order valence-electron chi connectivity index (χ0n) is 9.35. The van der Waals surface area contributed by atoms with Crippen LogP contribution in [0.5, 0.6) is 11.5 Å². The molecule has 0 aliphatic rings. The number of benzene rings is 1. The highest BCUT2D eigenvalue weighted by atomic mass is 16.8. The van der Waals surface area contributed by atoms with Crippen molar-refractivity contribution in [1.29, 1.82) is 0 Å². The molecule has 16 heavy (non-hydrogen) atoms. The summed E-state index contributed by atoms with van der Waals surface area (Å²) in [6.45, 7) is 1.49. The molecule has 6 heteroatoms. The van der Waals surface area contributed by atoms with Gasteiger partial charge < -0.3 is 19.8 Å². The SMILES string of the molecule is COc1cc(C(C)O)c([NH+]([O-])O)cc1OC. The molecule has 2 unspecified atom stereocenters. The van der Waals surface area contributed by atoms with Crippen molar-refractivity contribution in [3.05, 3.63) is 22.9 Å². The van der Waals surface area contributed by atoms with Crippen molar-refractivity contribution in [3.8, 4) is 11.5 Å². The van der Waals surface area contributed by atoms with E-state index >= 15 is 0 Å². The zero-order valence-corrected chi connectivity index (χ0v) is 9.35. The van der Waals surface area contributed by atoms with Gasteiger partial charge in [-0.05, 0) is 13.0 Å². The quantitative estimate of drug-likeness (QED) is 0.640. The Morgan fingerprint density at radius 1 is 1.25 bits per heavy atom. The van der Waals surface area contributed by atoms with E-state index in [9.17, 15) is 10.3 Å². The molecule has 0 radical (unpaired) electrons. The molecule has 0 bridgehead atoms. The lowest BCUT2D eigenvalue weighted by molar-refractivity contribution is -0.991. The Bertz CT molecular complexity index is 329. The van der Waals surface area contributed by atoms with Crippen LogP contribution in [-0.2, 0) is 0 Å². The molecule has 0 saturated carbocycles. The van der Waals surface area contributed by atoms with E-state index in [1.165, 1.54) is 33.3 Å². The standard InChI is InChI=1S/C10H15NO5/c1-6(12)7-4-9(15-2)10(16-3)5-8(7)11(13)14/h4-6,11-13H,1-3H3. The predicted molar refractivity (Wildman–Crippen MR) is 56.0 cm³/mol. The number of quaternary nitrogens is 1. The Morgan fingerprint density at radius 2 is 1.75 bits per heavy atom. The van der Waals surface area contributed by atoms with E-state index < -0.39 is 11.3 Å². The van der Waals surface area contributed by atoms with E-state index in [-0.39, 0.29) is 5.69 Å². The number of nitrogens with one attached hydrogen (secondary N) is 1. The lowest BCUT2D eigenvalue weighted by Gasteiger charge is -2.19. The van der Waals surface area contributed by atoms with Crippen molar-refractivity contribution in [2.24, 2.45) is 0 Å². The van der Waals surface area contributed by atoms with E-state index in [2.05, 4.69) is 0 Å². The van der Waals surface area contributed by atoms with Crippen molar-refractivity contribution in [2.45, 2.75) is 13.0 Å². The second kappa shape index (κ2) is 5.13. The van der Waals surface area contributed by atoms with Crippen LogP contribution >= 0.6 is 0 Å². The van der Waals surface area contributed by atoms with Gasteiger partial charge in [0.1, 0.15) is 0 Å². The van der Waals surface area contributed by atoms with Crippen LogP contribution in [0.1, 0.15) is 18.6 Å². The molecular weight excluding hydrogens is 214 g/mol. The third-order valence-corrected chi connectivity index (χ3v) is 2.24. The molecule has 1 aromatic rings. The molecule has 0 heterocycles. The minimum absolute atomic E-state index is 0.00708. The molecule has 2 atom stereocenters. The van der Waals surface area contributed by atoms with Crippen molar-refractivity contribution in [3.63, 3.8) is 0 Å². The van der Waals surface area contributed by atoms with Crippen molar-refractivity contribution in [1.82, 2.24) is 0 Å². The smallest absolute Gasteiger partial charge is 0.173 e. The normalized spacial score (nSPS) is 14.4. The van der Waals surface area contributed by atoms with Gasteiger partial charge in [0.05, 0.1) is 20.3 Å². The van der Waals surface area contributed by atoms with Crippen LogP contribution in [0.2, 0.25) is 0 Å². The number of methoxy groups -OCH3 is 2. The Morgan fingerprint density at radius 3 is 2.12 bits per heavy atom. The first-order valence-corrected chi connectivity index (χ1v) is 4.68. The lowest BCUT2D eigenvalue weighted by Crippen LogP contribution is -2.99. The van der Waals surface area contributed by atoms with Gasteiger partial charge >= 0.3 is 0 Å². The van der Waals surface area contributed by atoms with Gasteiger partial charge in [0.15, 0.2) is 17.2 Å². The number of aliphatic hydroxyl groups excluding tert-OH is 1. The Kier molecular flexibility index (Phi) is 4.08. The van der Waals surface area contributed by atoms with Gasteiger partial charge in [-0.3, -0.25) is 0 Å². The molecular formula is C10H15NO5. The van der Waals surface area contributed by atoms with Crippen molar-refractivity contribution < 1.29 is 25.0 Å². The van der Waals surface area contributed by atoms with Crippen LogP contribution in [0.15, 0.2) is 12.1 Å². The molecule has 0 amide bonds. The van der Waals surface area contributed by atoms with Crippen LogP contribution in [0.25, 0.3) is 0 Å². The summed E-state index contributed by atoms with van der Waals surface area (Å²) >= 11 is 0. The second-order valence-electron chi connectivity index (χ2n) is 3.28. The monoisotopic (exact) mass is 229 g/mol. The fraction of sp³-hybridized carbons (Fsp3) is 0.400. The van der Waals surface area contributed by atoms with Gasteiger partial charge in [-0.25, -0.2) is 5.21 Å². The van der Waals surface area contributed by atoms with Crippen LogP contribution < -0.4 is 14.7 Å². The molecule has 3 N–H and O–H groups in total. The van der Waals surface area contributed by atoms with E-state index in [1.807, 2.05) is 0 Å². The largest absolute Gasteiger partial charge is 0.595 e. The molecule has 1 aromatic carbocycles.